The van der Waals surface area contributed by atoms with Crippen molar-refractivity contribution in [3.8, 4) is 0 Å². The second-order valence-electron chi connectivity index (χ2n) is 5.26. The van der Waals surface area contributed by atoms with Gasteiger partial charge in [-0.1, -0.05) is 30.3 Å². The molecule has 23 heavy (non-hydrogen) atoms. The second-order valence-corrected chi connectivity index (χ2v) is 5.63. The van der Waals surface area contributed by atoms with E-state index in [1.54, 1.807) is 18.9 Å². The summed E-state index contributed by atoms with van der Waals surface area (Å²) in [4.78, 5) is 27.9. The first-order chi connectivity index (χ1) is 10.9. The van der Waals surface area contributed by atoms with Crippen molar-refractivity contribution in [1.29, 1.82) is 0 Å². The van der Waals surface area contributed by atoms with Gasteiger partial charge in [0.15, 0.2) is 5.11 Å². The third kappa shape index (κ3) is 3.12. The van der Waals surface area contributed by atoms with Crippen LogP contribution < -0.4 is 0 Å². The van der Waals surface area contributed by atoms with Crippen molar-refractivity contribution in [3.05, 3.63) is 47.2 Å². The third-order valence-electron chi connectivity index (χ3n) is 3.87. The molecule has 0 aromatic heterocycles. The standard InChI is InChI=1S/C17H20N2O3S/c1-5-22-16(21)14-11(2)18(4)17(23)19(12(3)20)15(14)13-9-7-6-8-10-13/h6-10,15H,5H2,1-4H3. The number of hydrogen-bond donors (Lipinski definition) is 0. The molecule has 0 spiro atoms. The highest BCUT2D eigenvalue weighted by Gasteiger charge is 2.40. The van der Waals surface area contributed by atoms with E-state index in [9.17, 15) is 9.59 Å². The van der Waals surface area contributed by atoms with Crippen LogP contribution in [0.3, 0.4) is 0 Å². The molecule has 0 N–H and O–H groups in total. The predicted molar refractivity (Wildman–Crippen MR) is 91.4 cm³/mol. The number of benzene rings is 1. The van der Waals surface area contributed by atoms with Crippen LogP contribution in [0.1, 0.15) is 32.4 Å². The van der Waals surface area contributed by atoms with E-state index < -0.39 is 12.0 Å². The van der Waals surface area contributed by atoms with E-state index in [1.807, 2.05) is 37.3 Å². The number of rotatable bonds is 3. The molecular weight excluding hydrogens is 312 g/mol. The lowest BCUT2D eigenvalue weighted by molar-refractivity contribution is -0.140. The number of amides is 1. The first-order valence-corrected chi connectivity index (χ1v) is 7.81. The maximum Gasteiger partial charge on any atom is 0.338 e. The van der Waals surface area contributed by atoms with Gasteiger partial charge in [-0.3, -0.25) is 9.69 Å². The van der Waals surface area contributed by atoms with Crippen LogP contribution >= 0.6 is 12.2 Å². The molecule has 0 bridgehead atoms. The lowest BCUT2D eigenvalue weighted by Crippen LogP contribution is -2.51. The van der Waals surface area contributed by atoms with Crippen LogP contribution in [-0.4, -0.2) is 40.4 Å². The summed E-state index contributed by atoms with van der Waals surface area (Å²) in [7, 11) is 1.74. The summed E-state index contributed by atoms with van der Waals surface area (Å²) in [6.45, 7) is 5.28. The quantitative estimate of drug-likeness (QED) is 0.629. The van der Waals surface area contributed by atoms with E-state index in [4.69, 9.17) is 17.0 Å². The molecule has 1 unspecified atom stereocenters. The largest absolute Gasteiger partial charge is 0.463 e. The van der Waals surface area contributed by atoms with Crippen LogP contribution in [0.2, 0.25) is 0 Å². The summed E-state index contributed by atoms with van der Waals surface area (Å²) in [6.07, 6.45) is 0. The average Bonchev–Trinajstić information content (AvgIpc) is 2.52. The van der Waals surface area contributed by atoms with Crippen LogP contribution in [-0.2, 0) is 14.3 Å². The van der Waals surface area contributed by atoms with Gasteiger partial charge in [0.05, 0.1) is 18.2 Å². The zero-order chi connectivity index (χ0) is 17.1. The molecule has 1 heterocycles. The Bertz CT molecular complexity index is 670. The first-order valence-electron chi connectivity index (χ1n) is 7.40. The second kappa shape index (κ2) is 6.91. The van der Waals surface area contributed by atoms with Gasteiger partial charge in [0.25, 0.3) is 0 Å². The van der Waals surface area contributed by atoms with Gasteiger partial charge in [-0.25, -0.2) is 4.79 Å². The number of hydrogen-bond acceptors (Lipinski definition) is 4. The Morgan fingerprint density at radius 2 is 1.87 bits per heavy atom. The Kier molecular flexibility index (Phi) is 5.15. The van der Waals surface area contributed by atoms with E-state index in [0.717, 1.165) is 5.56 Å². The summed E-state index contributed by atoms with van der Waals surface area (Å²) in [5.74, 6) is -0.649. The minimum Gasteiger partial charge on any atom is -0.463 e. The molecule has 0 radical (unpaired) electrons. The molecule has 6 heteroatoms. The number of ether oxygens (including phenoxy) is 1. The molecule has 1 amide bonds. The number of allylic oxidation sites excluding steroid dienone is 1. The summed E-state index contributed by atoms with van der Waals surface area (Å²) in [5, 5.41) is 0.372. The fraction of sp³-hybridized carbons (Fsp3) is 0.353. The monoisotopic (exact) mass is 332 g/mol. The number of carbonyl (C=O) groups is 2. The van der Waals surface area contributed by atoms with Crippen LogP contribution in [0.5, 0.6) is 0 Å². The van der Waals surface area contributed by atoms with Crippen molar-refractivity contribution in [3.63, 3.8) is 0 Å². The number of nitrogens with zero attached hydrogens (tertiary/aromatic N) is 2. The van der Waals surface area contributed by atoms with Gasteiger partial charge in [0, 0.05) is 19.7 Å². The topological polar surface area (TPSA) is 49.9 Å². The van der Waals surface area contributed by atoms with Crippen molar-refractivity contribution in [2.45, 2.75) is 26.8 Å². The highest BCUT2D eigenvalue weighted by Crippen LogP contribution is 2.37. The molecule has 1 aliphatic rings. The van der Waals surface area contributed by atoms with Gasteiger partial charge in [-0.05, 0) is 31.6 Å². The van der Waals surface area contributed by atoms with Gasteiger partial charge >= 0.3 is 5.97 Å². The molecule has 1 aliphatic heterocycles. The Balaban J connectivity index is 2.67. The van der Waals surface area contributed by atoms with Crippen LogP contribution in [0.15, 0.2) is 41.6 Å². The molecule has 0 saturated carbocycles. The predicted octanol–water partition coefficient (Wildman–Crippen LogP) is 2.64. The molecule has 0 saturated heterocycles. The van der Waals surface area contributed by atoms with Crippen LogP contribution in [0.4, 0.5) is 0 Å². The zero-order valence-corrected chi connectivity index (χ0v) is 14.5. The SMILES string of the molecule is CCOC(=O)C1=C(C)N(C)C(=S)N(C(C)=O)C1c1ccccc1. The van der Waals surface area contributed by atoms with Gasteiger partial charge in [0.2, 0.25) is 5.91 Å². The molecule has 0 fully saturated rings. The van der Waals surface area contributed by atoms with E-state index in [-0.39, 0.29) is 12.5 Å². The summed E-state index contributed by atoms with van der Waals surface area (Å²) in [6, 6.07) is 8.80. The molecule has 5 nitrogen and oxygen atoms in total. The Hall–Kier alpha value is -2.21. The van der Waals surface area contributed by atoms with Gasteiger partial charge in [-0.2, -0.15) is 0 Å². The van der Waals surface area contributed by atoms with Crippen LogP contribution in [0, 0.1) is 0 Å². The van der Waals surface area contributed by atoms with E-state index in [2.05, 4.69) is 0 Å². The highest BCUT2D eigenvalue weighted by atomic mass is 32.1. The summed E-state index contributed by atoms with van der Waals surface area (Å²) >= 11 is 5.43. The van der Waals surface area contributed by atoms with Crippen molar-refractivity contribution in [2.75, 3.05) is 13.7 Å². The van der Waals surface area contributed by atoms with Crippen molar-refractivity contribution < 1.29 is 14.3 Å². The minimum atomic E-state index is -0.573. The van der Waals surface area contributed by atoms with Crippen LogP contribution in [0.25, 0.3) is 0 Å². The average molecular weight is 332 g/mol. The molecule has 1 atom stereocenters. The molecule has 122 valence electrons. The molecule has 2 rings (SSSR count). The zero-order valence-electron chi connectivity index (χ0n) is 13.7. The molecule has 0 aliphatic carbocycles. The minimum absolute atomic E-state index is 0.218. The number of esters is 1. The molecule has 1 aromatic rings. The van der Waals surface area contributed by atoms with E-state index in [0.29, 0.717) is 16.4 Å². The summed E-state index contributed by atoms with van der Waals surface area (Å²) in [5.41, 5.74) is 1.95. The fourth-order valence-corrected chi connectivity index (χ4v) is 3.03. The highest BCUT2D eigenvalue weighted by molar-refractivity contribution is 7.80. The maximum atomic E-state index is 12.5. The van der Waals surface area contributed by atoms with Crippen molar-refractivity contribution in [2.24, 2.45) is 0 Å². The lowest BCUT2D eigenvalue weighted by atomic mass is 9.93. The number of thiocarbonyl (C=S) groups is 1. The Labute approximate surface area is 141 Å². The summed E-state index contributed by atoms with van der Waals surface area (Å²) < 4.78 is 5.21. The van der Waals surface area contributed by atoms with E-state index in [1.165, 1.54) is 11.8 Å². The normalized spacial score (nSPS) is 18.3. The van der Waals surface area contributed by atoms with Crippen molar-refractivity contribution in [1.82, 2.24) is 9.80 Å². The fourth-order valence-electron chi connectivity index (χ4n) is 2.66. The smallest absolute Gasteiger partial charge is 0.338 e. The Morgan fingerprint density at radius 3 is 2.39 bits per heavy atom. The van der Waals surface area contributed by atoms with Gasteiger partial charge in [0.1, 0.15) is 0 Å². The maximum absolute atomic E-state index is 12.5. The Morgan fingerprint density at radius 1 is 1.26 bits per heavy atom. The van der Waals surface area contributed by atoms with Crippen molar-refractivity contribution >= 4 is 29.2 Å². The lowest BCUT2D eigenvalue weighted by Gasteiger charge is -2.42. The third-order valence-corrected chi connectivity index (χ3v) is 4.34. The number of carbonyl (C=O) groups excluding carboxylic acids is 2. The van der Waals surface area contributed by atoms with Gasteiger partial charge < -0.3 is 9.64 Å². The first kappa shape index (κ1) is 17.1. The molecular formula is C17H20N2O3S. The molecule has 1 aromatic carbocycles. The van der Waals surface area contributed by atoms with E-state index >= 15 is 0 Å². The van der Waals surface area contributed by atoms with Gasteiger partial charge in [-0.15, -0.1) is 0 Å².